The number of halogens is 3. The molecule has 1 saturated carbocycles. The van der Waals surface area contributed by atoms with E-state index in [-0.39, 0.29) is 17.8 Å². The molecular formula is C25H29F3O. The Bertz CT molecular complexity index is 851. The molecule has 1 nitrogen and oxygen atoms in total. The molecule has 0 N–H and O–H groups in total. The van der Waals surface area contributed by atoms with Gasteiger partial charge in [-0.1, -0.05) is 37.6 Å². The summed E-state index contributed by atoms with van der Waals surface area (Å²) in [6.07, 6.45) is 7.13. The summed E-state index contributed by atoms with van der Waals surface area (Å²) in [5.41, 5.74) is 2.71. The summed E-state index contributed by atoms with van der Waals surface area (Å²) in [7, 11) is 0. The SMILES string of the molecule is CCCc1ccc(CCC2CCC(c3ccc(C4CO4)c(F)c3F)CC2)cc1F. The van der Waals surface area contributed by atoms with Gasteiger partial charge in [-0.25, -0.2) is 13.2 Å². The Kier molecular flexibility index (Phi) is 6.29. The van der Waals surface area contributed by atoms with Crippen LogP contribution in [0.25, 0.3) is 0 Å². The van der Waals surface area contributed by atoms with E-state index >= 15 is 0 Å². The van der Waals surface area contributed by atoms with Gasteiger partial charge in [0.25, 0.3) is 0 Å². The highest BCUT2D eigenvalue weighted by Gasteiger charge is 2.32. The molecule has 2 aliphatic rings. The number of epoxide rings is 1. The molecule has 4 heteroatoms. The highest BCUT2D eigenvalue weighted by Crippen LogP contribution is 2.41. The molecule has 1 heterocycles. The summed E-state index contributed by atoms with van der Waals surface area (Å²) in [5, 5.41) is 0. The zero-order valence-electron chi connectivity index (χ0n) is 17.0. The smallest absolute Gasteiger partial charge is 0.165 e. The first-order valence-electron chi connectivity index (χ1n) is 10.9. The zero-order valence-corrected chi connectivity index (χ0v) is 17.0. The second kappa shape index (κ2) is 8.91. The van der Waals surface area contributed by atoms with Crippen molar-refractivity contribution >= 4 is 0 Å². The average Bonchev–Trinajstić information content (AvgIpc) is 3.56. The Morgan fingerprint density at radius 1 is 0.897 bits per heavy atom. The van der Waals surface area contributed by atoms with Crippen molar-refractivity contribution < 1.29 is 17.9 Å². The van der Waals surface area contributed by atoms with E-state index in [1.807, 2.05) is 12.1 Å². The summed E-state index contributed by atoms with van der Waals surface area (Å²) in [6.45, 7) is 2.53. The number of ether oxygens (including phenoxy) is 1. The molecular weight excluding hydrogens is 373 g/mol. The molecule has 0 amide bonds. The van der Waals surface area contributed by atoms with Crippen LogP contribution in [0.3, 0.4) is 0 Å². The average molecular weight is 403 g/mol. The second-order valence-electron chi connectivity index (χ2n) is 8.63. The number of hydrogen-bond donors (Lipinski definition) is 0. The lowest BCUT2D eigenvalue weighted by molar-refractivity contribution is 0.304. The van der Waals surface area contributed by atoms with Crippen LogP contribution >= 0.6 is 0 Å². The second-order valence-corrected chi connectivity index (χ2v) is 8.63. The lowest BCUT2D eigenvalue weighted by Crippen LogP contribution is -2.16. The highest BCUT2D eigenvalue weighted by molar-refractivity contribution is 5.32. The minimum atomic E-state index is -0.735. The summed E-state index contributed by atoms with van der Waals surface area (Å²) in [4.78, 5) is 0. The maximum atomic E-state index is 14.6. The van der Waals surface area contributed by atoms with E-state index in [1.165, 1.54) is 0 Å². The number of rotatable bonds is 7. The molecule has 1 aliphatic heterocycles. The Morgan fingerprint density at radius 2 is 1.59 bits per heavy atom. The van der Waals surface area contributed by atoms with Crippen LogP contribution in [0.1, 0.15) is 79.7 Å². The van der Waals surface area contributed by atoms with Gasteiger partial charge in [0.1, 0.15) is 11.9 Å². The van der Waals surface area contributed by atoms with Crippen molar-refractivity contribution in [3.8, 4) is 0 Å². The van der Waals surface area contributed by atoms with Crippen molar-refractivity contribution in [1.29, 1.82) is 0 Å². The van der Waals surface area contributed by atoms with E-state index in [2.05, 4.69) is 6.92 Å². The quantitative estimate of drug-likeness (QED) is 0.453. The van der Waals surface area contributed by atoms with Crippen LogP contribution in [0.5, 0.6) is 0 Å². The van der Waals surface area contributed by atoms with E-state index in [0.29, 0.717) is 23.7 Å². The molecule has 0 spiro atoms. The molecule has 2 aromatic carbocycles. The summed E-state index contributed by atoms with van der Waals surface area (Å²) >= 11 is 0. The van der Waals surface area contributed by atoms with E-state index in [1.54, 1.807) is 18.2 Å². The van der Waals surface area contributed by atoms with Gasteiger partial charge in [0.05, 0.1) is 6.61 Å². The van der Waals surface area contributed by atoms with Crippen molar-refractivity contribution in [3.63, 3.8) is 0 Å². The molecule has 29 heavy (non-hydrogen) atoms. The standard InChI is InChI=1S/C25H29F3O/c1-2-3-19-11-8-17(14-22(19)26)5-4-16-6-9-18(10-7-16)20-12-13-21(23-15-29-23)25(28)24(20)27/h8,11-14,16,18,23H,2-7,9-10,15H2,1H3. The molecule has 0 bridgehead atoms. The van der Waals surface area contributed by atoms with Crippen LogP contribution in [0.2, 0.25) is 0 Å². The Balaban J connectivity index is 1.31. The van der Waals surface area contributed by atoms with Crippen LogP contribution in [0.15, 0.2) is 30.3 Å². The van der Waals surface area contributed by atoms with Crippen molar-refractivity contribution in [1.82, 2.24) is 0 Å². The molecule has 0 radical (unpaired) electrons. The maximum Gasteiger partial charge on any atom is 0.165 e. The summed E-state index contributed by atoms with van der Waals surface area (Å²) in [5.74, 6) is -0.868. The summed E-state index contributed by atoms with van der Waals surface area (Å²) in [6, 6.07) is 9.08. The first-order chi connectivity index (χ1) is 14.1. The largest absolute Gasteiger partial charge is 0.368 e. The minimum absolute atomic E-state index is 0.0840. The van der Waals surface area contributed by atoms with Crippen molar-refractivity contribution in [2.45, 2.75) is 70.3 Å². The van der Waals surface area contributed by atoms with Gasteiger partial charge in [-0.15, -0.1) is 0 Å². The molecule has 1 aliphatic carbocycles. The van der Waals surface area contributed by atoms with E-state index in [0.717, 1.165) is 62.5 Å². The zero-order chi connectivity index (χ0) is 20.4. The number of hydrogen-bond acceptors (Lipinski definition) is 1. The fourth-order valence-corrected chi connectivity index (χ4v) is 4.72. The summed E-state index contributed by atoms with van der Waals surface area (Å²) < 4.78 is 48.1. The normalized spacial score (nSPS) is 23.9. The Morgan fingerprint density at radius 3 is 2.24 bits per heavy atom. The Labute approximate surface area is 171 Å². The number of aryl methyl sites for hydroxylation is 2. The van der Waals surface area contributed by atoms with Crippen LogP contribution in [0, 0.1) is 23.4 Å². The third kappa shape index (κ3) is 4.69. The van der Waals surface area contributed by atoms with Crippen LogP contribution in [-0.2, 0) is 17.6 Å². The topological polar surface area (TPSA) is 12.5 Å². The molecule has 2 aromatic rings. The molecule has 2 fully saturated rings. The van der Waals surface area contributed by atoms with Gasteiger partial charge in [0.15, 0.2) is 11.6 Å². The fourth-order valence-electron chi connectivity index (χ4n) is 4.72. The van der Waals surface area contributed by atoms with Gasteiger partial charge in [-0.2, -0.15) is 0 Å². The molecule has 1 atom stereocenters. The number of benzene rings is 2. The van der Waals surface area contributed by atoms with Crippen molar-refractivity contribution in [2.24, 2.45) is 5.92 Å². The fraction of sp³-hybridized carbons (Fsp3) is 0.520. The van der Waals surface area contributed by atoms with Crippen molar-refractivity contribution in [2.75, 3.05) is 6.61 Å². The predicted octanol–water partition coefficient (Wildman–Crippen LogP) is 7.03. The lowest BCUT2D eigenvalue weighted by Gasteiger charge is -2.29. The van der Waals surface area contributed by atoms with Gasteiger partial charge in [0.2, 0.25) is 0 Å². The lowest BCUT2D eigenvalue weighted by atomic mass is 9.76. The maximum absolute atomic E-state index is 14.6. The van der Waals surface area contributed by atoms with Gasteiger partial charge >= 0.3 is 0 Å². The molecule has 1 unspecified atom stereocenters. The third-order valence-corrected chi connectivity index (χ3v) is 6.59. The molecule has 156 valence electrons. The van der Waals surface area contributed by atoms with Crippen LogP contribution in [-0.4, -0.2) is 6.61 Å². The van der Waals surface area contributed by atoms with E-state index in [9.17, 15) is 13.2 Å². The van der Waals surface area contributed by atoms with E-state index < -0.39 is 11.6 Å². The van der Waals surface area contributed by atoms with Gasteiger partial charge < -0.3 is 4.74 Å². The van der Waals surface area contributed by atoms with Crippen LogP contribution < -0.4 is 0 Å². The van der Waals surface area contributed by atoms with Crippen LogP contribution in [0.4, 0.5) is 13.2 Å². The van der Waals surface area contributed by atoms with E-state index in [4.69, 9.17) is 4.74 Å². The third-order valence-electron chi connectivity index (χ3n) is 6.59. The first kappa shape index (κ1) is 20.5. The minimum Gasteiger partial charge on any atom is -0.368 e. The van der Waals surface area contributed by atoms with Gasteiger partial charge in [-0.05, 0) is 79.5 Å². The van der Waals surface area contributed by atoms with Crippen molar-refractivity contribution in [3.05, 3.63) is 70.0 Å². The first-order valence-corrected chi connectivity index (χ1v) is 10.9. The Hall–Kier alpha value is -1.81. The van der Waals surface area contributed by atoms with Gasteiger partial charge in [0, 0.05) is 5.56 Å². The van der Waals surface area contributed by atoms with Gasteiger partial charge in [-0.3, -0.25) is 0 Å². The highest BCUT2D eigenvalue weighted by atomic mass is 19.2. The predicted molar refractivity (Wildman–Crippen MR) is 108 cm³/mol. The molecule has 4 rings (SSSR count). The monoisotopic (exact) mass is 402 g/mol. The molecule has 1 saturated heterocycles. The molecule has 0 aromatic heterocycles.